The third-order valence-electron chi connectivity index (χ3n) is 5.06. The van der Waals surface area contributed by atoms with E-state index >= 15 is 0 Å². The third-order valence-corrected chi connectivity index (χ3v) is 5.06. The average Bonchev–Trinajstić information content (AvgIpc) is 3.34. The molecule has 2 unspecified atom stereocenters. The van der Waals surface area contributed by atoms with Gasteiger partial charge in [0.1, 0.15) is 5.76 Å². The molecule has 0 spiro atoms. The second kappa shape index (κ2) is 11.9. The zero-order valence-electron chi connectivity index (χ0n) is 16.5. The van der Waals surface area contributed by atoms with E-state index < -0.39 is 0 Å². The van der Waals surface area contributed by atoms with Gasteiger partial charge in [0.05, 0.1) is 31.6 Å². The topological polar surface area (TPSA) is 65.3 Å². The molecule has 2 N–H and O–H groups in total. The summed E-state index contributed by atoms with van der Waals surface area (Å²) in [7, 11) is 2.14. The molecule has 2 fully saturated rings. The lowest BCUT2D eigenvalue weighted by atomic mass is 10.2. The number of hydrogen-bond donors (Lipinski definition) is 2. The second-order valence-corrected chi connectivity index (χ2v) is 7.13. The lowest BCUT2D eigenvalue weighted by Crippen LogP contribution is -2.48. The number of hydrogen-bond acceptors (Lipinski definition) is 5. The van der Waals surface area contributed by atoms with E-state index in [1.54, 1.807) is 6.26 Å². The minimum absolute atomic E-state index is 0. The first-order valence-corrected chi connectivity index (χ1v) is 9.86. The SMILES string of the molecule is CCNC(=NCC(c1ccco1)N1CCCC1)NCC1CN(C)CCO1.I. The first-order chi connectivity index (χ1) is 12.8. The van der Waals surface area contributed by atoms with Gasteiger partial charge in [-0.3, -0.25) is 9.89 Å². The standard InChI is InChI=1S/C19H33N5O2.HI/c1-3-20-19(21-13-16-15-23(2)10-12-25-16)22-14-17(18-7-6-11-26-18)24-8-4-5-9-24;/h6-7,11,16-17H,3-5,8-10,12-15H2,1-2H3,(H2,20,21,22);1H. The number of furan rings is 1. The number of morpholine rings is 1. The number of ether oxygens (including phenoxy) is 1. The fourth-order valence-corrected chi connectivity index (χ4v) is 3.64. The first kappa shape index (κ1) is 22.4. The van der Waals surface area contributed by atoms with Gasteiger partial charge in [-0.1, -0.05) is 0 Å². The Balaban J connectivity index is 0.00000261. The molecule has 0 aliphatic carbocycles. The van der Waals surface area contributed by atoms with Crippen LogP contribution in [0.4, 0.5) is 0 Å². The number of likely N-dealkylation sites (N-methyl/N-ethyl adjacent to an activating group) is 1. The molecule has 1 aromatic heterocycles. The van der Waals surface area contributed by atoms with E-state index in [2.05, 4.69) is 40.5 Å². The van der Waals surface area contributed by atoms with Gasteiger partial charge in [0.2, 0.25) is 0 Å². The Morgan fingerprint density at radius 2 is 2.11 bits per heavy atom. The molecular weight excluding hydrogens is 457 g/mol. The average molecular weight is 491 g/mol. The van der Waals surface area contributed by atoms with Crippen LogP contribution in [0.15, 0.2) is 27.8 Å². The predicted molar refractivity (Wildman–Crippen MR) is 119 cm³/mol. The fourth-order valence-electron chi connectivity index (χ4n) is 3.64. The molecule has 27 heavy (non-hydrogen) atoms. The van der Waals surface area contributed by atoms with Gasteiger partial charge in [0, 0.05) is 26.2 Å². The van der Waals surface area contributed by atoms with Crippen LogP contribution in [0.5, 0.6) is 0 Å². The Morgan fingerprint density at radius 1 is 1.30 bits per heavy atom. The van der Waals surface area contributed by atoms with Crippen molar-refractivity contribution in [1.82, 2.24) is 20.4 Å². The summed E-state index contributed by atoms with van der Waals surface area (Å²) in [4.78, 5) is 9.62. The van der Waals surface area contributed by atoms with Gasteiger partial charge in [0.15, 0.2) is 5.96 Å². The van der Waals surface area contributed by atoms with Crippen molar-refractivity contribution >= 4 is 29.9 Å². The smallest absolute Gasteiger partial charge is 0.191 e. The minimum atomic E-state index is 0. The van der Waals surface area contributed by atoms with Crippen molar-refractivity contribution in [1.29, 1.82) is 0 Å². The summed E-state index contributed by atoms with van der Waals surface area (Å²) in [5.41, 5.74) is 0. The van der Waals surface area contributed by atoms with Crippen molar-refractivity contribution in [3.63, 3.8) is 0 Å². The minimum Gasteiger partial charge on any atom is -0.468 e. The van der Waals surface area contributed by atoms with Crippen LogP contribution in [0.2, 0.25) is 0 Å². The van der Waals surface area contributed by atoms with Gasteiger partial charge in [-0.25, -0.2) is 0 Å². The molecule has 0 aromatic carbocycles. The molecule has 0 bridgehead atoms. The van der Waals surface area contributed by atoms with Crippen molar-refractivity contribution in [2.75, 3.05) is 59.5 Å². The summed E-state index contributed by atoms with van der Waals surface area (Å²) in [5.74, 6) is 1.85. The van der Waals surface area contributed by atoms with Crippen LogP contribution in [-0.2, 0) is 4.74 Å². The number of nitrogens with one attached hydrogen (secondary N) is 2. The molecule has 0 amide bonds. The van der Waals surface area contributed by atoms with Crippen LogP contribution >= 0.6 is 24.0 Å². The van der Waals surface area contributed by atoms with Crippen LogP contribution in [-0.4, -0.2) is 81.3 Å². The second-order valence-electron chi connectivity index (χ2n) is 7.13. The molecule has 0 saturated carbocycles. The van der Waals surface area contributed by atoms with E-state index in [4.69, 9.17) is 14.1 Å². The van der Waals surface area contributed by atoms with E-state index in [9.17, 15) is 0 Å². The highest BCUT2D eigenvalue weighted by molar-refractivity contribution is 14.0. The summed E-state index contributed by atoms with van der Waals surface area (Å²) in [6, 6.07) is 4.23. The van der Waals surface area contributed by atoms with Gasteiger partial charge < -0.3 is 24.7 Å². The summed E-state index contributed by atoms with van der Waals surface area (Å²) in [6.45, 7) is 9.38. The quantitative estimate of drug-likeness (QED) is 0.345. The van der Waals surface area contributed by atoms with E-state index in [0.29, 0.717) is 6.54 Å². The van der Waals surface area contributed by atoms with E-state index in [1.165, 1.54) is 12.8 Å². The van der Waals surface area contributed by atoms with Crippen molar-refractivity contribution in [2.24, 2.45) is 4.99 Å². The monoisotopic (exact) mass is 491 g/mol. The van der Waals surface area contributed by atoms with Crippen molar-refractivity contribution in [2.45, 2.75) is 31.9 Å². The zero-order chi connectivity index (χ0) is 18.2. The number of likely N-dealkylation sites (tertiary alicyclic amines) is 1. The molecule has 2 aliphatic heterocycles. The van der Waals surface area contributed by atoms with E-state index in [0.717, 1.165) is 57.6 Å². The Hall–Kier alpha value is -0.840. The maximum atomic E-state index is 5.83. The number of halogens is 1. The number of aliphatic imine (C=N–C) groups is 1. The Bertz CT molecular complexity index is 548. The van der Waals surface area contributed by atoms with Gasteiger partial charge in [-0.05, 0) is 52.0 Å². The lowest BCUT2D eigenvalue weighted by Gasteiger charge is -2.30. The normalized spacial score (nSPS) is 23.0. The summed E-state index contributed by atoms with van der Waals surface area (Å²) in [6.07, 6.45) is 4.47. The number of rotatable bonds is 7. The molecule has 7 nitrogen and oxygen atoms in total. The molecule has 2 saturated heterocycles. The highest BCUT2D eigenvalue weighted by Gasteiger charge is 2.25. The number of nitrogens with zero attached hydrogens (tertiary/aromatic N) is 3. The molecule has 0 radical (unpaired) electrons. The summed E-state index contributed by atoms with van der Waals surface area (Å²) < 4.78 is 11.5. The lowest BCUT2D eigenvalue weighted by molar-refractivity contribution is -0.0161. The largest absolute Gasteiger partial charge is 0.468 e. The van der Waals surface area contributed by atoms with Crippen molar-refractivity contribution < 1.29 is 9.15 Å². The maximum absolute atomic E-state index is 5.83. The molecule has 1 aromatic rings. The van der Waals surface area contributed by atoms with Crippen LogP contribution in [0.25, 0.3) is 0 Å². The highest BCUT2D eigenvalue weighted by atomic mass is 127. The van der Waals surface area contributed by atoms with Crippen LogP contribution in [0.1, 0.15) is 31.6 Å². The summed E-state index contributed by atoms with van der Waals surface area (Å²) in [5, 5.41) is 6.79. The molecule has 8 heteroatoms. The molecule has 2 aliphatic rings. The van der Waals surface area contributed by atoms with Crippen molar-refractivity contribution in [3.8, 4) is 0 Å². The van der Waals surface area contributed by atoms with Crippen LogP contribution < -0.4 is 10.6 Å². The number of guanidine groups is 1. The Kier molecular flexibility index (Phi) is 9.88. The van der Waals surface area contributed by atoms with Gasteiger partial charge in [0.25, 0.3) is 0 Å². The summed E-state index contributed by atoms with van der Waals surface area (Å²) >= 11 is 0. The van der Waals surface area contributed by atoms with Crippen molar-refractivity contribution in [3.05, 3.63) is 24.2 Å². The molecular formula is C19H34IN5O2. The Morgan fingerprint density at radius 3 is 2.78 bits per heavy atom. The highest BCUT2D eigenvalue weighted by Crippen LogP contribution is 2.25. The third kappa shape index (κ3) is 6.92. The van der Waals surface area contributed by atoms with Gasteiger partial charge in [-0.15, -0.1) is 24.0 Å². The maximum Gasteiger partial charge on any atom is 0.191 e. The van der Waals surface area contributed by atoms with Crippen LogP contribution in [0.3, 0.4) is 0 Å². The molecule has 154 valence electrons. The molecule has 3 rings (SSSR count). The van der Waals surface area contributed by atoms with E-state index in [-0.39, 0.29) is 36.1 Å². The van der Waals surface area contributed by atoms with Crippen LogP contribution in [0, 0.1) is 0 Å². The molecule has 3 heterocycles. The zero-order valence-corrected chi connectivity index (χ0v) is 18.9. The molecule has 2 atom stereocenters. The van der Waals surface area contributed by atoms with E-state index in [1.807, 2.05) is 6.07 Å². The first-order valence-electron chi connectivity index (χ1n) is 9.86. The predicted octanol–water partition coefficient (Wildman–Crippen LogP) is 1.92. The van der Waals surface area contributed by atoms with Gasteiger partial charge in [-0.2, -0.15) is 0 Å². The Labute approximate surface area is 179 Å². The van der Waals surface area contributed by atoms with Gasteiger partial charge >= 0.3 is 0 Å². The fraction of sp³-hybridized carbons (Fsp3) is 0.737.